The van der Waals surface area contributed by atoms with Crippen LogP contribution in [0.4, 0.5) is 0 Å². The lowest BCUT2D eigenvalue weighted by atomic mass is 10.1. The third-order valence-corrected chi connectivity index (χ3v) is 5.66. The van der Waals surface area contributed by atoms with Gasteiger partial charge in [0, 0.05) is 6.04 Å². The number of nitrogens with one attached hydrogen (secondary N) is 1. The van der Waals surface area contributed by atoms with E-state index in [-0.39, 0.29) is 17.1 Å². The summed E-state index contributed by atoms with van der Waals surface area (Å²) in [4.78, 5) is 12.2. The van der Waals surface area contributed by atoms with Crippen molar-refractivity contribution in [3.05, 3.63) is 35.4 Å². The van der Waals surface area contributed by atoms with Gasteiger partial charge in [-0.1, -0.05) is 25.5 Å². The van der Waals surface area contributed by atoms with Gasteiger partial charge in [0.1, 0.15) is 17.4 Å². The zero-order valence-corrected chi connectivity index (χ0v) is 15.0. The number of benzene rings is 1. The highest BCUT2D eigenvalue weighted by Crippen LogP contribution is 2.16. The molecule has 1 aliphatic rings. The number of rotatable bonds is 7. The van der Waals surface area contributed by atoms with E-state index in [0.717, 1.165) is 18.6 Å². The topological polar surface area (TPSA) is 96.3 Å². The van der Waals surface area contributed by atoms with Crippen LogP contribution in [-0.2, 0) is 14.6 Å². The Morgan fingerprint density at radius 3 is 2.68 bits per heavy atom. The first-order valence-electron chi connectivity index (χ1n) is 8.29. The summed E-state index contributed by atoms with van der Waals surface area (Å²) in [6, 6.07) is 8.56. The van der Waals surface area contributed by atoms with Gasteiger partial charge < -0.3 is 10.1 Å². The molecule has 134 valence electrons. The molecule has 1 amide bonds. The first kappa shape index (κ1) is 19.0. The molecule has 6 nitrogen and oxygen atoms in total. The predicted molar refractivity (Wildman–Crippen MR) is 95.6 cm³/mol. The summed E-state index contributed by atoms with van der Waals surface area (Å²) in [5.41, 5.74) is 0.650. The van der Waals surface area contributed by atoms with Crippen molar-refractivity contribution in [1.82, 2.24) is 5.32 Å². The summed E-state index contributed by atoms with van der Waals surface area (Å²) in [7, 11) is -3.08. The van der Waals surface area contributed by atoms with Crippen molar-refractivity contribution < 1.29 is 17.9 Å². The fourth-order valence-corrected chi connectivity index (χ4v) is 4.16. The maximum absolute atomic E-state index is 12.2. The molecule has 1 N–H and O–H groups in total. The van der Waals surface area contributed by atoms with E-state index in [1.54, 1.807) is 24.3 Å². The van der Waals surface area contributed by atoms with E-state index in [9.17, 15) is 18.5 Å². The van der Waals surface area contributed by atoms with Gasteiger partial charge in [-0.15, -0.1) is 0 Å². The third-order valence-electron chi connectivity index (χ3n) is 3.89. The van der Waals surface area contributed by atoms with Crippen molar-refractivity contribution in [2.45, 2.75) is 32.2 Å². The number of carbonyl (C=O) groups is 1. The van der Waals surface area contributed by atoms with Crippen LogP contribution < -0.4 is 10.1 Å². The smallest absolute Gasteiger partial charge is 0.262 e. The number of carbonyl (C=O) groups excluding carboxylic acids is 1. The molecule has 1 saturated heterocycles. The fourth-order valence-electron chi connectivity index (χ4n) is 2.48. The molecule has 25 heavy (non-hydrogen) atoms. The van der Waals surface area contributed by atoms with Crippen molar-refractivity contribution in [2.24, 2.45) is 0 Å². The molecule has 0 radical (unpaired) electrons. The summed E-state index contributed by atoms with van der Waals surface area (Å²) >= 11 is 0. The Morgan fingerprint density at radius 1 is 1.40 bits per heavy atom. The van der Waals surface area contributed by atoms with Crippen molar-refractivity contribution in [1.29, 1.82) is 5.26 Å². The Labute approximate surface area is 148 Å². The summed E-state index contributed by atoms with van der Waals surface area (Å²) in [5, 5.41) is 11.8. The van der Waals surface area contributed by atoms with E-state index in [4.69, 9.17) is 4.74 Å². The molecule has 1 unspecified atom stereocenters. The van der Waals surface area contributed by atoms with Gasteiger partial charge in [-0.3, -0.25) is 4.79 Å². The fraction of sp³-hybridized carbons (Fsp3) is 0.444. The van der Waals surface area contributed by atoms with Crippen LogP contribution in [0.3, 0.4) is 0 Å². The molecule has 0 aromatic heterocycles. The third kappa shape index (κ3) is 5.91. The summed E-state index contributed by atoms with van der Waals surface area (Å²) in [6.45, 7) is 2.74. The zero-order valence-electron chi connectivity index (χ0n) is 14.2. The van der Waals surface area contributed by atoms with Gasteiger partial charge in [-0.2, -0.15) is 5.26 Å². The van der Waals surface area contributed by atoms with Gasteiger partial charge in [0.05, 0.1) is 18.1 Å². The maximum atomic E-state index is 12.2. The lowest BCUT2D eigenvalue weighted by Crippen LogP contribution is -2.36. The summed E-state index contributed by atoms with van der Waals surface area (Å²) in [5.74, 6) is 0.196. The number of nitriles is 1. The number of amides is 1. The van der Waals surface area contributed by atoms with E-state index in [2.05, 4.69) is 12.2 Å². The second-order valence-electron chi connectivity index (χ2n) is 6.01. The van der Waals surface area contributed by atoms with Crippen LogP contribution in [0.5, 0.6) is 5.75 Å². The van der Waals surface area contributed by atoms with Crippen molar-refractivity contribution in [3.63, 3.8) is 0 Å². The van der Waals surface area contributed by atoms with Crippen LogP contribution in [0.25, 0.3) is 6.08 Å². The first-order chi connectivity index (χ1) is 11.9. The largest absolute Gasteiger partial charge is 0.494 e. The molecule has 7 heteroatoms. The Kier molecular flexibility index (Phi) is 6.59. The minimum Gasteiger partial charge on any atom is -0.494 e. The minimum absolute atomic E-state index is 0.0519. The van der Waals surface area contributed by atoms with Crippen molar-refractivity contribution in [3.8, 4) is 11.8 Å². The Morgan fingerprint density at radius 2 is 2.12 bits per heavy atom. The number of sulfone groups is 1. The van der Waals surface area contributed by atoms with Crippen LogP contribution in [-0.4, -0.2) is 38.5 Å². The maximum Gasteiger partial charge on any atom is 0.262 e. The van der Waals surface area contributed by atoms with E-state index >= 15 is 0 Å². The molecule has 1 aromatic carbocycles. The standard InChI is InChI=1S/C18H22N2O4S/c1-2-3-9-24-17-6-4-14(5-7-17)11-15(12-19)18(21)20-16-8-10-25(22,23)13-16/h4-7,11,16H,2-3,8-10,13H2,1H3,(H,20,21)/b15-11+. The molecule has 1 fully saturated rings. The van der Waals surface area contributed by atoms with Crippen LogP contribution in [0.15, 0.2) is 29.8 Å². The Balaban J connectivity index is 1.99. The highest BCUT2D eigenvalue weighted by Gasteiger charge is 2.29. The quantitative estimate of drug-likeness (QED) is 0.455. The number of hydrogen-bond acceptors (Lipinski definition) is 5. The van der Waals surface area contributed by atoms with Gasteiger partial charge in [-0.05, 0) is 36.6 Å². The van der Waals surface area contributed by atoms with Crippen LogP contribution >= 0.6 is 0 Å². The number of unbranched alkanes of at least 4 members (excludes halogenated alkanes) is 1. The van der Waals surface area contributed by atoms with Gasteiger partial charge in [0.25, 0.3) is 5.91 Å². The van der Waals surface area contributed by atoms with E-state index in [1.807, 2.05) is 6.07 Å². The molecule has 0 saturated carbocycles. The van der Waals surface area contributed by atoms with Crippen LogP contribution in [0.1, 0.15) is 31.7 Å². The number of hydrogen-bond donors (Lipinski definition) is 1. The summed E-state index contributed by atoms with van der Waals surface area (Å²) in [6.07, 6.45) is 3.91. The number of ether oxygens (including phenoxy) is 1. The Bertz CT molecular complexity index is 776. The highest BCUT2D eigenvalue weighted by atomic mass is 32.2. The molecule has 2 rings (SSSR count). The van der Waals surface area contributed by atoms with E-state index in [0.29, 0.717) is 18.6 Å². The van der Waals surface area contributed by atoms with E-state index in [1.165, 1.54) is 6.08 Å². The van der Waals surface area contributed by atoms with Gasteiger partial charge in [0.2, 0.25) is 0 Å². The average Bonchev–Trinajstić information content (AvgIpc) is 2.92. The second-order valence-corrected chi connectivity index (χ2v) is 8.24. The number of nitrogens with zero attached hydrogens (tertiary/aromatic N) is 1. The molecular weight excluding hydrogens is 340 g/mol. The monoisotopic (exact) mass is 362 g/mol. The van der Waals surface area contributed by atoms with Gasteiger partial charge >= 0.3 is 0 Å². The SMILES string of the molecule is CCCCOc1ccc(/C=C(\C#N)C(=O)NC2CCS(=O)(=O)C2)cc1. The molecule has 0 spiro atoms. The average molecular weight is 362 g/mol. The van der Waals surface area contributed by atoms with Crippen LogP contribution in [0.2, 0.25) is 0 Å². The Hall–Kier alpha value is -2.33. The van der Waals surface area contributed by atoms with Gasteiger partial charge in [-0.25, -0.2) is 8.42 Å². The normalized spacial score (nSPS) is 19.2. The lowest BCUT2D eigenvalue weighted by molar-refractivity contribution is -0.117. The van der Waals surface area contributed by atoms with Crippen molar-refractivity contribution >= 4 is 21.8 Å². The predicted octanol–water partition coefficient (Wildman–Crippen LogP) is 2.08. The first-order valence-corrected chi connectivity index (χ1v) is 10.1. The molecule has 1 atom stereocenters. The molecule has 1 aromatic rings. The summed E-state index contributed by atoms with van der Waals surface area (Å²) < 4.78 is 28.4. The highest BCUT2D eigenvalue weighted by molar-refractivity contribution is 7.91. The van der Waals surface area contributed by atoms with Gasteiger partial charge in [0.15, 0.2) is 9.84 Å². The lowest BCUT2D eigenvalue weighted by Gasteiger charge is -2.10. The molecular formula is C18H22N2O4S. The van der Waals surface area contributed by atoms with Crippen LogP contribution in [0, 0.1) is 11.3 Å². The molecule has 0 aliphatic carbocycles. The zero-order chi connectivity index (χ0) is 18.3. The van der Waals surface area contributed by atoms with Crippen molar-refractivity contribution in [2.75, 3.05) is 18.1 Å². The minimum atomic E-state index is -3.08. The second kappa shape index (κ2) is 8.67. The molecule has 1 heterocycles. The molecule has 0 bridgehead atoms. The molecule has 1 aliphatic heterocycles. The van der Waals surface area contributed by atoms with E-state index < -0.39 is 21.8 Å².